The molecule has 10 aromatic carbocycles. The molecule has 0 fully saturated rings. The lowest BCUT2D eigenvalue weighted by atomic mass is 9.83. The van der Waals surface area contributed by atoms with Crippen molar-refractivity contribution in [3.05, 3.63) is 193 Å². The fraction of sp³-hybridized carbons (Fsp3) is 0. The molecule has 0 N–H and O–H groups in total. The molecule has 232 valence electrons. The van der Waals surface area contributed by atoms with Gasteiger partial charge in [0.05, 0.1) is 42.5 Å². The molecule has 0 radical (unpaired) electrons. The quantitative estimate of drug-likeness (QED) is 0.164. The van der Waals surface area contributed by atoms with E-state index in [1.807, 2.05) is 0 Å². The molecule has 10 aromatic rings. The summed E-state index contributed by atoms with van der Waals surface area (Å²) in [4.78, 5) is 0. The van der Waals surface area contributed by atoms with E-state index in [4.69, 9.17) is 24.7 Å². The van der Waals surface area contributed by atoms with Crippen molar-refractivity contribution in [1.29, 1.82) is 0 Å². The first-order valence-electron chi connectivity index (χ1n) is 30.3. The van der Waals surface area contributed by atoms with Gasteiger partial charge in [0, 0.05) is 0 Å². The Morgan fingerprint density at radius 2 is 0.800 bits per heavy atom. The third-order valence-corrected chi connectivity index (χ3v) is 8.08. The Morgan fingerprint density at radius 3 is 1.56 bits per heavy atom. The molecule has 0 atom stereocenters. The molecule has 0 unspecified atom stereocenters. The predicted octanol–water partition coefficient (Wildman–Crippen LogP) is 14.1. The number of fused-ring (bicyclic) bond motifs is 5. The highest BCUT2D eigenvalue weighted by atomic mass is 14.2. The van der Waals surface area contributed by atoms with Crippen LogP contribution in [-0.4, -0.2) is 0 Å². The van der Waals surface area contributed by atoms with Gasteiger partial charge in [0.15, 0.2) is 0 Å². The van der Waals surface area contributed by atoms with Gasteiger partial charge in [0.1, 0.15) is 0 Å². The van der Waals surface area contributed by atoms with Gasteiger partial charge in [0.2, 0.25) is 0 Å². The molecule has 0 spiro atoms. The van der Waals surface area contributed by atoms with Gasteiger partial charge in [-0.1, -0.05) is 175 Å². The van der Waals surface area contributed by atoms with E-state index in [0.717, 1.165) is 6.07 Å². The van der Waals surface area contributed by atoms with Gasteiger partial charge in [-0.25, -0.2) is 0 Å². The summed E-state index contributed by atoms with van der Waals surface area (Å²) < 4.78 is 282. The number of benzene rings is 10. The highest BCUT2D eigenvalue weighted by molar-refractivity contribution is 6.24. The molecule has 0 aliphatic rings. The van der Waals surface area contributed by atoms with Crippen molar-refractivity contribution in [2.75, 3.05) is 0 Å². The Bertz CT molecular complexity index is 4680. The zero-order valence-electron chi connectivity index (χ0n) is 56.1. The molecule has 0 aliphatic heterocycles. The van der Waals surface area contributed by atoms with Crippen molar-refractivity contribution in [3.63, 3.8) is 0 Å². The molecule has 0 nitrogen and oxygen atoms in total. The average molecular weight is 664 g/mol. The first-order chi connectivity index (χ1) is 37.7. The van der Waals surface area contributed by atoms with Crippen LogP contribution in [-0.2, 0) is 0 Å². The minimum absolute atomic E-state index is 0.475. The highest BCUT2D eigenvalue weighted by Crippen LogP contribution is 2.47. The second kappa shape index (κ2) is 11.6. The Balaban J connectivity index is 1.59. The maximum absolute atomic E-state index is 10.3. The molecule has 0 heterocycles. The first-order valence-corrected chi connectivity index (χ1v) is 14.8. The van der Waals surface area contributed by atoms with E-state index in [9.17, 15) is 17.8 Å². The van der Waals surface area contributed by atoms with Crippen molar-refractivity contribution < 1.29 is 42.5 Å². The van der Waals surface area contributed by atoms with Crippen molar-refractivity contribution in [3.8, 4) is 44.5 Å². The van der Waals surface area contributed by atoms with Crippen LogP contribution in [0.15, 0.2) is 193 Å². The van der Waals surface area contributed by atoms with Gasteiger partial charge < -0.3 is 0 Å². The van der Waals surface area contributed by atoms with Gasteiger partial charge in [-0.05, 0) is 116 Å². The fourth-order valence-corrected chi connectivity index (χ4v) is 5.91. The molecule has 0 aromatic heterocycles. The van der Waals surface area contributed by atoms with E-state index in [0.29, 0.717) is 0 Å². The van der Waals surface area contributed by atoms with Crippen LogP contribution in [0.5, 0.6) is 0 Å². The van der Waals surface area contributed by atoms with Crippen LogP contribution >= 0.6 is 0 Å². The van der Waals surface area contributed by atoms with Crippen molar-refractivity contribution >= 4 is 53.9 Å². The maximum atomic E-state index is 10.3. The van der Waals surface area contributed by atoms with Gasteiger partial charge >= 0.3 is 0 Å². The number of rotatable bonds is 4. The van der Waals surface area contributed by atoms with E-state index in [-0.39, 0.29) is 0 Å². The van der Waals surface area contributed by atoms with Gasteiger partial charge in [0.25, 0.3) is 0 Å². The smallest absolute Gasteiger partial charge is 0.0616 e. The minimum atomic E-state index is -1.17. The summed E-state index contributed by atoms with van der Waals surface area (Å²) >= 11 is 0. The normalized spacial score (nSPS) is 20.3. The van der Waals surface area contributed by atoms with E-state index in [1.54, 1.807) is 0 Å². The van der Waals surface area contributed by atoms with Gasteiger partial charge in [-0.2, -0.15) is 0 Å². The Kier molecular flexibility index (Phi) is 2.61. The second-order valence-corrected chi connectivity index (χ2v) is 10.8. The Labute approximate surface area is 335 Å². The third-order valence-electron chi connectivity index (χ3n) is 8.08. The highest BCUT2D eigenvalue weighted by Gasteiger charge is 2.19. The molecule has 50 heavy (non-hydrogen) atoms. The molecule has 0 aliphatic carbocycles. The summed E-state index contributed by atoms with van der Waals surface area (Å²) in [7, 11) is 0. The molecule has 0 saturated heterocycles. The number of hydrogen-bond acceptors (Lipinski definition) is 0. The average Bonchev–Trinajstić information content (AvgIpc) is 2.89. The lowest BCUT2D eigenvalue weighted by Gasteiger charge is -2.20. The predicted molar refractivity (Wildman–Crippen MR) is 216 cm³/mol. The Morgan fingerprint density at radius 1 is 0.260 bits per heavy atom. The summed E-state index contributed by atoms with van der Waals surface area (Å²) in [5.41, 5.74) is -6.75. The summed E-state index contributed by atoms with van der Waals surface area (Å²) in [6.45, 7) is 0. The van der Waals surface area contributed by atoms with Crippen LogP contribution in [0.1, 0.15) is 42.5 Å². The first kappa shape index (κ1) is 11.3. The maximum Gasteiger partial charge on any atom is 0.0636 e. The van der Waals surface area contributed by atoms with Crippen LogP contribution in [0.2, 0.25) is 0 Å². The van der Waals surface area contributed by atoms with E-state index in [1.165, 1.54) is 0 Å². The zero-order chi connectivity index (χ0) is 60.0. The fourth-order valence-electron chi connectivity index (χ4n) is 5.91. The van der Waals surface area contributed by atoms with Crippen LogP contribution in [0.4, 0.5) is 0 Å². The zero-order valence-corrected chi connectivity index (χ0v) is 25.1. The summed E-state index contributed by atoms with van der Waals surface area (Å²) in [6.07, 6.45) is 0. The summed E-state index contributed by atoms with van der Waals surface area (Å²) in [6, 6.07) is -29.5. The lowest BCUT2D eigenvalue weighted by molar-refractivity contribution is 1.63. The lowest BCUT2D eigenvalue weighted by Crippen LogP contribution is -1.93. The monoisotopic (exact) mass is 663 g/mol. The topological polar surface area (TPSA) is 0 Å². The van der Waals surface area contributed by atoms with Gasteiger partial charge in [-0.15, -0.1) is 0 Å². The second-order valence-electron chi connectivity index (χ2n) is 10.8. The molecular weight excluding hydrogens is 601 g/mol. The summed E-state index contributed by atoms with van der Waals surface area (Å²) in [5.74, 6) is 0. The molecule has 10 rings (SSSR count). The van der Waals surface area contributed by atoms with Crippen LogP contribution in [0.25, 0.3) is 98.4 Å². The molecule has 0 amide bonds. The van der Waals surface area contributed by atoms with Crippen molar-refractivity contribution in [2.45, 2.75) is 0 Å². The van der Waals surface area contributed by atoms with Crippen molar-refractivity contribution in [2.24, 2.45) is 0 Å². The minimum Gasteiger partial charge on any atom is -0.0616 e. The molecule has 0 saturated carbocycles. The Hall–Kier alpha value is -6.50. The summed E-state index contributed by atoms with van der Waals surface area (Å²) in [5, 5.41) is -7.34. The van der Waals surface area contributed by atoms with Crippen LogP contribution < -0.4 is 0 Å². The molecule has 0 bridgehead atoms. The van der Waals surface area contributed by atoms with E-state index in [2.05, 4.69) is 0 Å². The molecule has 0 heteroatoms. The van der Waals surface area contributed by atoms with Crippen molar-refractivity contribution in [1.82, 2.24) is 0 Å². The third kappa shape index (κ3) is 4.61. The molecular formula is C50H32. The standard InChI is InChI=1S/C50H32/c1-2-15-36-30-37(27-26-33(36)12-1)38-28-29-47-48(32-38)49(40-19-9-18-39(31-40)43-24-10-16-34-13-3-5-20-41(34)43)45-22-7-8-23-46(45)50(47)44-25-11-17-35-14-4-6-21-42(35)44/h1-32H/i1D,2D,3D,4D,5D,6D,7D,8D,9D,10D,11D,12D,13D,14D,15D,16D,17D,18D,19D,20D,21D,22D,23D,24D,25D,26D,28D,29D,30D,31D,32D. The SMILES string of the molecule is [2H]c1c([2H])c(-c2c([2H])c([2H])c([2H])c3c([2H])c([2H])c([2H])c([2H])c23)c([2H])c(-c2c3c([2H])c([2H])c([2H])c([2H])c3c(-c3c([2H])c([2H])c([2H])c4c([2H])c([2H])c([2H])c([2H])c34)c3c([2H])c([2H])c(-c4cc([2H])c5c([2H])c([2H])c([2H])c([2H])c5c4[2H])c([2H])c23)c1[2H]. The van der Waals surface area contributed by atoms with Gasteiger partial charge in [-0.3, -0.25) is 0 Å². The van der Waals surface area contributed by atoms with E-state index >= 15 is 0 Å². The van der Waals surface area contributed by atoms with Crippen LogP contribution in [0, 0.1) is 0 Å². The number of hydrogen-bond donors (Lipinski definition) is 0. The van der Waals surface area contributed by atoms with E-state index < -0.39 is 286 Å². The van der Waals surface area contributed by atoms with Crippen LogP contribution in [0.3, 0.4) is 0 Å². The largest absolute Gasteiger partial charge is 0.0636 e.